The molecule has 1 aliphatic carbocycles. The summed E-state index contributed by atoms with van der Waals surface area (Å²) in [4.78, 5) is 15.0. The number of rotatable bonds is 4. The number of amides is 1. The number of carbonyl (C=O) groups excluding carboxylic acids is 1. The summed E-state index contributed by atoms with van der Waals surface area (Å²) in [6, 6.07) is 0. The van der Waals surface area contributed by atoms with Crippen LogP contribution in [0.1, 0.15) is 65.2 Å². The first-order valence-electron chi connectivity index (χ1n) is 10.1. The van der Waals surface area contributed by atoms with Crippen molar-refractivity contribution < 1.29 is 13.2 Å². The Labute approximate surface area is 165 Å². The average molecular weight is 407 g/mol. The zero-order chi connectivity index (χ0) is 18.1. The molecular formula is C19H35ClN2O3S. The monoisotopic (exact) mass is 406 g/mol. The molecule has 3 fully saturated rings. The first-order chi connectivity index (χ1) is 11.9. The normalized spacial score (nSPS) is 25.3. The lowest BCUT2D eigenvalue weighted by molar-refractivity contribution is -0.133. The summed E-state index contributed by atoms with van der Waals surface area (Å²) >= 11 is 0. The van der Waals surface area contributed by atoms with Crippen molar-refractivity contribution in [3.05, 3.63) is 0 Å². The molecule has 1 atom stereocenters. The number of sulfone groups is 1. The van der Waals surface area contributed by atoms with Crippen LogP contribution in [0.4, 0.5) is 0 Å². The van der Waals surface area contributed by atoms with Crippen LogP contribution in [-0.2, 0) is 14.6 Å². The van der Waals surface area contributed by atoms with E-state index in [1.165, 1.54) is 6.42 Å². The molecule has 3 rings (SSSR count). The molecule has 1 N–H and O–H groups in total. The second kappa shape index (κ2) is 8.78. The minimum Gasteiger partial charge on any atom is -0.342 e. The smallest absolute Gasteiger partial charge is 0.241 e. The van der Waals surface area contributed by atoms with Gasteiger partial charge in [-0.25, -0.2) is 8.42 Å². The van der Waals surface area contributed by atoms with Gasteiger partial charge in [-0.2, -0.15) is 0 Å². The van der Waals surface area contributed by atoms with E-state index >= 15 is 0 Å². The largest absolute Gasteiger partial charge is 0.342 e. The van der Waals surface area contributed by atoms with E-state index in [0.29, 0.717) is 18.5 Å². The average Bonchev–Trinajstić information content (AvgIpc) is 3.04. The van der Waals surface area contributed by atoms with Crippen molar-refractivity contribution in [2.24, 2.45) is 11.3 Å². The molecule has 1 spiro atoms. The van der Waals surface area contributed by atoms with Gasteiger partial charge >= 0.3 is 0 Å². The van der Waals surface area contributed by atoms with Gasteiger partial charge in [-0.15, -0.1) is 12.4 Å². The van der Waals surface area contributed by atoms with Crippen molar-refractivity contribution in [2.45, 2.75) is 75.7 Å². The molecule has 0 aromatic carbocycles. The maximum atomic E-state index is 13.2. The number of carbonyl (C=O) groups is 1. The number of nitrogens with one attached hydrogen (secondary N) is 1. The lowest BCUT2D eigenvalue weighted by Gasteiger charge is -2.41. The fourth-order valence-electron chi connectivity index (χ4n) is 5.01. The van der Waals surface area contributed by atoms with Crippen LogP contribution in [-0.4, -0.2) is 55.9 Å². The number of halogens is 1. The Morgan fingerprint density at radius 3 is 2.19 bits per heavy atom. The molecule has 5 nitrogen and oxygen atoms in total. The molecule has 2 aliphatic heterocycles. The second-order valence-corrected chi connectivity index (χ2v) is 11.1. The topological polar surface area (TPSA) is 66.5 Å². The number of nitrogens with zero attached hydrogens (tertiary/aromatic N) is 1. The Hall–Kier alpha value is -0.330. The Morgan fingerprint density at radius 2 is 1.69 bits per heavy atom. The predicted octanol–water partition coefficient (Wildman–Crippen LogP) is 2.78. The Kier molecular flexibility index (Phi) is 7.42. The first-order valence-corrected chi connectivity index (χ1v) is 11.7. The van der Waals surface area contributed by atoms with E-state index < -0.39 is 15.1 Å². The first kappa shape index (κ1) is 22.0. The number of hydrogen-bond acceptors (Lipinski definition) is 4. The molecule has 1 unspecified atom stereocenters. The molecule has 152 valence electrons. The summed E-state index contributed by atoms with van der Waals surface area (Å²) in [6.07, 6.45) is 7.71. The Morgan fingerprint density at radius 1 is 1.08 bits per heavy atom. The minimum absolute atomic E-state index is 0. The van der Waals surface area contributed by atoms with Gasteiger partial charge in [-0.1, -0.05) is 33.1 Å². The predicted molar refractivity (Wildman–Crippen MR) is 107 cm³/mol. The van der Waals surface area contributed by atoms with Gasteiger partial charge in [-0.3, -0.25) is 4.79 Å². The summed E-state index contributed by atoms with van der Waals surface area (Å²) in [5.74, 6) is -0.301. The highest BCUT2D eigenvalue weighted by atomic mass is 35.5. The van der Waals surface area contributed by atoms with Crippen LogP contribution in [0.2, 0.25) is 0 Å². The van der Waals surface area contributed by atoms with Gasteiger partial charge < -0.3 is 10.2 Å². The number of hydrogen-bond donors (Lipinski definition) is 1. The van der Waals surface area contributed by atoms with Crippen molar-refractivity contribution >= 4 is 28.2 Å². The van der Waals surface area contributed by atoms with Crippen LogP contribution in [0.25, 0.3) is 0 Å². The molecule has 2 heterocycles. The van der Waals surface area contributed by atoms with E-state index in [1.807, 2.05) is 18.7 Å². The maximum absolute atomic E-state index is 13.2. The van der Waals surface area contributed by atoms with Crippen molar-refractivity contribution in [1.82, 2.24) is 10.2 Å². The van der Waals surface area contributed by atoms with Gasteiger partial charge in [0.25, 0.3) is 0 Å². The summed E-state index contributed by atoms with van der Waals surface area (Å²) < 4.78 is 26.4. The molecule has 0 aromatic heterocycles. The highest BCUT2D eigenvalue weighted by molar-refractivity contribution is 7.93. The Bertz CT molecular complexity index is 572. The fourth-order valence-corrected chi connectivity index (χ4v) is 7.60. The zero-order valence-electron chi connectivity index (χ0n) is 16.2. The standard InChI is InChI=1S/C19H34N2O3S.ClH/c1-15(2)17(25(23,24)16-6-4-3-5-7-16)18(22)21-12-9-19(10-13-21)8-11-20-14-19;/h15-17,20H,3-14H2,1-2H3;1H. The summed E-state index contributed by atoms with van der Waals surface area (Å²) in [6.45, 7) is 7.31. The summed E-state index contributed by atoms with van der Waals surface area (Å²) in [5.41, 5.74) is 0.340. The van der Waals surface area contributed by atoms with Gasteiger partial charge in [-0.05, 0) is 50.0 Å². The van der Waals surface area contributed by atoms with Crippen LogP contribution in [0, 0.1) is 11.3 Å². The van der Waals surface area contributed by atoms with E-state index in [2.05, 4.69) is 5.32 Å². The quantitative estimate of drug-likeness (QED) is 0.779. The third-order valence-corrected chi connectivity index (χ3v) is 9.54. The third kappa shape index (κ3) is 4.39. The molecule has 7 heteroatoms. The third-order valence-electron chi connectivity index (χ3n) is 6.69. The second-order valence-electron chi connectivity index (χ2n) is 8.77. The number of piperidine rings is 1. The van der Waals surface area contributed by atoms with Crippen molar-refractivity contribution in [1.29, 1.82) is 0 Å². The molecule has 2 saturated heterocycles. The van der Waals surface area contributed by atoms with Crippen molar-refractivity contribution in [3.63, 3.8) is 0 Å². The van der Waals surface area contributed by atoms with Gasteiger partial charge in [0.15, 0.2) is 9.84 Å². The summed E-state index contributed by atoms with van der Waals surface area (Å²) in [7, 11) is -3.40. The molecule has 0 aromatic rings. The summed E-state index contributed by atoms with van der Waals surface area (Å²) in [5, 5.41) is 2.27. The van der Waals surface area contributed by atoms with Gasteiger partial charge in [0.2, 0.25) is 5.91 Å². The van der Waals surface area contributed by atoms with Crippen molar-refractivity contribution in [3.8, 4) is 0 Å². The molecule has 0 bridgehead atoms. The lowest BCUT2D eigenvalue weighted by atomic mass is 9.78. The van der Waals surface area contributed by atoms with E-state index in [1.54, 1.807) is 0 Å². The van der Waals surface area contributed by atoms with Crippen LogP contribution < -0.4 is 5.32 Å². The van der Waals surface area contributed by atoms with E-state index in [0.717, 1.165) is 58.0 Å². The van der Waals surface area contributed by atoms with Crippen LogP contribution >= 0.6 is 12.4 Å². The maximum Gasteiger partial charge on any atom is 0.241 e. The highest BCUT2D eigenvalue weighted by Crippen LogP contribution is 2.38. The fraction of sp³-hybridized carbons (Fsp3) is 0.947. The van der Waals surface area contributed by atoms with Crippen LogP contribution in [0.5, 0.6) is 0 Å². The molecule has 0 radical (unpaired) electrons. The van der Waals surface area contributed by atoms with Crippen molar-refractivity contribution in [2.75, 3.05) is 26.2 Å². The van der Waals surface area contributed by atoms with E-state index in [-0.39, 0.29) is 29.5 Å². The number of likely N-dealkylation sites (tertiary alicyclic amines) is 1. The minimum atomic E-state index is -3.40. The molecule has 3 aliphatic rings. The zero-order valence-corrected chi connectivity index (χ0v) is 17.8. The SMILES string of the molecule is CC(C)C(C(=O)N1CCC2(CCNC2)CC1)S(=O)(=O)C1CCCCC1.Cl. The van der Waals surface area contributed by atoms with Crippen LogP contribution in [0.15, 0.2) is 0 Å². The van der Waals surface area contributed by atoms with E-state index in [4.69, 9.17) is 0 Å². The van der Waals surface area contributed by atoms with Gasteiger partial charge in [0, 0.05) is 19.6 Å². The molecular weight excluding hydrogens is 372 g/mol. The van der Waals surface area contributed by atoms with Gasteiger partial charge in [0.1, 0.15) is 5.25 Å². The molecule has 1 saturated carbocycles. The Balaban J connectivity index is 0.00000243. The lowest BCUT2D eigenvalue weighted by Crippen LogP contribution is -2.52. The molecule has 26 heavy (non-hydrogen) atoms. The molecule has 1 amide bonds. The van der Waals surface area contributed by atoms with E-state index in [9.17, 15) is 13.2 Å². The highest BCUT2D eigenvalue weighted by Gasteiger charge is 2.45. The van der Waals surface area contributed by atoms with Crippen LogP contribution in [0.3, 0.4) is 0 Å². The van der Waals surface area contributed by atoms with Gasteiger partial charge in [0.05, 0.1) is 5.25 Å².